The summed E-state index contributed by atoms with van der Waals surface area (Å²) in [5.41, 5.74) is 2.29. The smallest absolute Gasteiger partial charge is 0.234 e. The number of nitrogens with one attached hydrogen (secondary N) is 2. The van der Waals surface area contributed by atoms with Gasteiger partial charge in [0, 0.05) is 5.69 Å². The molecule has 0 aliphatic rings. The molecule has 0 aliphatic carbocycles. The standard InChI is InChI=1S/C19H19FN6O2S/c1-12-4-3-5-14(8-12)21-18(27)10-29-11-19(28)22-17-9-15(6-7-16(17)20)26-13(2)23-24-25-26/h3-9H,10-11H2,1-2H3,(H,21,27)(H,22,28). The topological polar surface area (TPSA) is 102 Å². The van der Waals surface area contributed by atoms with E-state index in [-0.39, 0.29) is 23.1 Å². The van der Waals surface area contributed by atoms with E-state index in [0.717, 1.165) is 17.3 Å². The Morgan fingerprint density at radius 1 is 1.07 bits per heavy atom. The van der Waals surface area contributed by atoms with Gasteiger partial charge in [-0.2, -0.15) is 4.68 Å². The van der Waals surface area contributed by atoms with Gasteiger partial charge in [-0.15, -0.1) is 16.9 Å². The van der Waals surface area contributed by atoms with E-state index in [9.17, 15) is 14.0 Å². The van der Waals surface area contributed by atoms with Gasteiger partial charge >= 0.3 is 0 Å². The summed E-state index contributed by atoms with van der Waals surface area (Å²) < 4.78 is 15.5. The van der Waals surface area contributed by atoms with Crippen LogP contribution in [0, 0.1) is 19.7 Å². The summed E-state index contributed by atoms with van der Waals surface area (Å²) in [6.45, 7) is 3.64. The fourth-order valence-electron chi connectivity index (χ4n) is 2.55. The zero-order valence-corrected chi connectivity index (χ0v) is 16.7. The number of hydrogen-bond donors (Lipinski definition) is 2. The van der Waals surface area contributed by atoms with Gasteiger partial charge in [-0.3, -0.25) is 9.59 Å². The van der Waals surface area contributed by atoms with Crippen LogP contribution < -0.4 is 10.6 Å². The first-order chi connectivity index (χ1) is 13.9. The van der Waals surface area contributed by atoms with Crippen LogP contribution >= 0.6 is 11.8 Å². The molecule has 0 bridgehead atoms. The zero-order chi connectivity index (χ0) is 20.8. The van der Waals surface area contributed by atoms with Crippen LogP contribution in [-0.4, -0.2) is 43.5 Å². The van der Waals surface area contributed by atoms with Gasteiger partial charge in [-0.25, -0.2) is 4.39 Å². The van der Waals surface area contributed by atoms with Gasteiger partial charge in [-0.05, 0) is 60.2 Å². The van der Waals surface area contributed by atoms with E-state index in [0.29, 0.717) is 17.2 Å². The van der Waals surface area contributed by atoms with Gasteiger partial charge in [0.15, 0.2) is 5.82 Å². The molecule has 3 rings (SSSR count). The van der Waals surface area contributed by atoms with Gasteiger partial charge in [0.2, 0.25) is 11.8 Å². The number of thioether (sulfide) groups is 1. The first kappa shape index (κ1) is 20.5. The Morgan fingerprint density at radius 3 is 2.52 bits per heavy atom. The first-order valence-electron chi connectivity index (χ1n) is 8.71. The van der Waals surface area contributed by atoms with Crippen molar-refractivity contribution in [2.75, 3.05) is 22.1 Å². The van der Waals surface area contributed by atoms with Gasteiger partial charge < -0.3 is 10.6 Å². The number of tetrazole rings is 1. The minimum atomic E-state index is -0.574. The fourth-order valence-corrected chi connectivity index (χ4v) is 3.17. The van der Waals surface area contributed by atoms with E-state index in [4.69, 9.17) is 0 Å². The molecule has 2 amide bonds. The minimum Gasteiger partial charge on any atom is -0.325 e. The van der Waals surface area contributed by atoms with Crippen molar-refractivity contribution in [3.05, 3.63) is 59.7 Å². The maximum atomic E-state index is 14.1. The minimum absolute atomic E-state index is 0.00874. The molecule has 2 N–H and O–H groups in total. The lowest BCUT2D eigenvalue weighted by atomic mass is 10.2. The molecular weight excluding hydrogens is 395 g/mol. The highest BCUT2D eigenvalue weighted by Gasteiger charge is 2.12. The SMILES string of the molecule is Cc1cccc(NC(=O)CSCC(=O)Nc2cc(-n3nnnc3C)ccc2F)c1. The second-order valence-corrected chi connectivity index (χ2v) is 7.25. The van der Waals surface area contributed by atoms with Crippen molar-refractivity contribution >= 4 is 35.0 Å². The van der Waals surface area contributed by atoms with Gasteiger partial charge in [0.1, 0.15) is 5.82 Å². The molecule has 2 aromatic carbocycles. The van der Waals surface area contributed by atoms with E-state index in [1.807, 2.05) is 25.1 Å². The van der Waals surface area contributed by atoms with Gasteiger partial charge in [0.05, 0.1) is 22.9 Å². The third-order valence-electron chi connectivity index (χ3n) is 3.86. The largest absolute Gasteiger partial charge is 0.325 e. The number of aryl methyl sites for hydroxylation is 2. The number of halogens is 1. The lowest BCUT2D eigenvalue weighted by Gasteiger charge is -2.09. The molecule has 1 aromatic heterocycles. The molecule has 0 spiro atoms. The second kappa shape index (κ2) is 9.28. The molecule has 150 valence electrons. The molecule has 8 nitrogen and oxygen atoms in total. The molecule has 0 saturated carbocycles. The number of rotatable bonds is 7. The molecule has 10 heteroatoms. The molecule has 0 fully saturated rings. The highest BCUT2D eigenvalue weighted by Crippen LogP contribution is 2.19. The van der Waals surface area contributed by atoms with E-state index in [1.54, 1.807) is 13.0 Å². The number of carbonyl (C=O) groups is 2. The number of carbonyl (C=O) groups excluding carboxylic acids is 2. The lowest BCUT2D eigenvalue weighted by Crippen LogP contribution is -2.19. The third-order valence-corrected chi connectivity index (χ3v) is 4.79. The van der Waals surface area contributed by atoms with Gasteiger partial charge in [-0.1, -0.05) is 12.1 Å². The van der Waals surface area contributed by atoms with Crippen molar-refractivity contribution in [1.82, 2.24) is 20.2 Å². The van der Waals surface area contributed by atoms with Crippen molar-refractivity contribution in [1.29, 1.82) is 0 Å². The second-order valence-electron chi connectivity index (χ2n) is 6.26. The van der Waals surface area contributed by atoms with Crippen LogP contribution in [0.15, 0.2) is 42.5 Å². The highest BCUT2D eigenvalue weighted by molar-refractivity contribution is 8.00. The Morgan fingerprint density at radius 2 is 1.83 bits per heavy atom. The van der Waals surface area contributed by atoms with Crippen LogP contribution in [0.3, 0.4) is 0 Å². The number of amides is 2. The van der Waals surface area contributed by atoms with Crippen molar-refractivity contribution in [3.8, 4) is 5.69 Å². The molecule has 0 saturated heterocycles. The summed E-state index contributed by atoms with van der Waals surface area (Å²) in [5, 5.41) is 16.4. The Bertz CT molecular complexity index is 1040. The number of nitrogens with zero attached hydrogens (tertiary/aromatic N) is 4. The Balaban J connectivity index is 1.52. The average molecular weight is 414 g/mol. The van der Waals surface area contributed by atoms with Crippen LogP contribution in [-0.2, 0) is 9.59 Å². The maximum Gasteiger partial charge on any atom is 0.234 e. The summed E-state index contributed by atoms with van der Waals surface area (Å²) in [6, 6.07) is 11.6. The average Bonchev–Trinajstić information content (AvgIpc) is 3.09. The van der Waals surface area contributed by atoms with Crippen molar-refractivity contribution in [2.24, 2.45) is 0 Å². The highest BCUT2D eigenvalue weighted by atomic mass is 32.2. The molecule has 1 heterocycles. The molecule has 29 heavy (non-hydrogen) atoms. The molecular formula is C19H19FN6O2S. The number of benzene rings is 2. The number of aromatic nitrogens is 4. The maximum absolute atomic E-state index is 14.1. The number of anilines is 2. The van der Waals surface area contributed by atoms with Crippen LogP contribution in [0.4, 0.5) is 15.8 Å². The molecule has 0 unspecified atom stereocenters. The number of hydrogen-bond acceptors (Lipinski definition) is 6. The van der Waals surface area contributed by atoms with E-state index in [1.165, 1.54) is 22.9 Å². The van der Waals surface area contributed by atoms with Crippen LogP contribution in [0.5, 0.6) is 0 Å². The molecule has 0 atom stereocenters. The Kier molecular flexibility index (Phi) is 6.55. The summed E-state index contributed by atoms with van der Waals surface area (Å²) in [7, 11) is 0. The van der Waals surface area contributed by atoms with E-state index >= 15 is 0 Å². The van der Waals surface area contributed by atoms with Crippen LogP contribution in [0.25, 0.3) is 5.69 Å². The van der Waals surface area contributed by atoms with Crippen LogP contribution in [0.1, 0.15) is 11.4 Å². The van der Waals surface area contributed by atoms with Gasteiger partial charge in [0.25, 0.3) is 0 Å². The van der Waals surface area contributed by atoms with Crippen molar-refractivity contribution < 1.29 is 14.0 Å². The summed E-state index contributed by atoms with van der Waals surface area (Å²) in [4.78, 5) is 24.1. The summed E-state index contributed by atoms with van der Waals surface area (Å²) in [6.07, 6.45) is 0. The fraction of sp³-hybridized carbons (Fsp3) is 0.211. The summed E-state index contributed by atoms with van der Waals surface area (Å²) in [5.74, 6) is -0.555. The lowest BCUT2D eigenvalue weighted by molar-refractivity contribution is -0.114. The molecule has 3 aromatic rings. The first-order valence-corrected chi connectivity index (χ1v) is 9.87. The Labute approximate surface area is 170 Å². The normalized spacial score (nSPS) is 10.6. The summed E-state index contributed by atoms with van der Waals surface area (Å²) >= 11 is 1.14. The predicted octanol–water partition coefficient (Wildman–Crippen LogP) is 2.73. The molecule has 0 aliphatic heterocycles. The van der Waals surface area contributed by atoms with E-state index < -0.39 is 11.7 Å². The quantitative estimate of drug-likeness (QED) is 0.616. The molecule has 0 radical (unpaired) electrons. The van der Waals surface area contributed by atoms with E-state index in [2.05, 4.69) is 26.2 Å². The zero-order valence-electron chi connectivity index (χ0n) is 15.8. The predicted molar refractivity (Wildman–Crippen MR) is 110 cm³/mol. The Hall–Kier alpha value is -3.27. The van der Waals surface area contributed by atoms with Crippen molar-refractivity contribution in [2.45, 2.75) is 13.8 Å². The van der Waals surface area contributed by atoms with Crippen LogP contribution in [0.2, 0.25) is 0 Å². The third kappa shape index (κ3) is 5.61. The van der Waals surface area contributed by atoms with Crippen molar-refractivity contribution in [3.63, 3.8) is 0 Å². The monoisotopic (exact) mass is 414 g/mol.